The van der Waals surface area contributed by atoms with Gasteiger partial charge in [0.2, 0.25) is 0 Å². The summed E-state index contributed by atoms with van der Waals surface area (Å²) in [6.07, 6.45) is 3.23. The van der Waals surface area contributed by atoms with Crippen molar-refractivity contribution in [2.75, 3.05) is 11.5 Å². The quantitative estimate of drug-likeness (QED) is 0.215. The first-order valence-corrected chi connectivity index (χ1v) is 12.0. The average Bonchev–Trinajstić information content (AvgIpc) is 2.88. The number of benzene rings is 3. The molecule has 0 radical (unpaired) electrons. The van der Waals surface area contributed by atoms with E-state index < -0.39 is 17.8 Å². The maximum Gasteiger partial charge on any atom is 0.335 e. The van der Waals surface area contributed by atoms with Crippen LogP contribution >= 0.6 is 11.6 Å². The Bertz CT molecular complexity index is 1340. The highest BCUT2D eigenvalue weighted by molar-refractivity contribution is 6.39. The summed E-state index contributed by atoms with van der Waals surface area (Å²) in [5.74, 6) is -1.04. The Hall–Kier alpha value is -4.17. The lowest BCUT2D eigenvalue weighted by Gasteiger charge is -2.26. The third kappa shape index (κ3) is 6.34. The number of imide groups is 2. The molecule has 4 amide bonds. The number of anilines is 1. The summed E-state index contributed by atoms with van der Waals surface area (Å²) in [5.41, 5.74) is 1.10. The largest absolute Gasteiger partial charge is 0.494 e. The van der Waals surface area contributed by atoms with Crippen LogP contribution in [0.5, 0.6) is 11.5 Å². The summed E-state index contributed by atoms with van der Waals surface area (Å²) >= 11 is 6.16. The molecule has 0 bridgehead atoms. The number of hydrogen-bond acceptors (Lipinski definition) is 5. The van der Waals surface area contributed by atoms with Crippen LogP contribution < -0.4 is 19.7 Å². The van der Waals surface area contributed by atoms with E-state index >= 15 is 0 Å². The van der Waals surface area contributed by atoms with Gasteiger partial charge < -0.3 is 9.47 Å². The van der Waals surface area contributed by atoms with Gasteiger partial charge in [-0.2, -0.15) is 0 Å². The lowest BCUT2D eigenvalue weighted by atomic mass is 10.1. The first kappa shape index (κ1) is 25.9. The van der Waals surface area contributed by atoms with Crippen molar-refractivity contribution in [2.45, 2.75) is 26.4 Å². The number of carbonyl (C=O) groups is 3. The van der Waals surface area contributed by atoms with Crippen molar-refractivity contribution in [3.63, 3.8) is 0 Å². The number of halogens is 2. The molecule has 1 N–H and O–H groups in total. The molecule has 0 saturated carbocycles. The molecule has 1 fully saturated rings. The minimum atomic E-state index is -0.856. The number of nitrogens with zero attached hydrogens (tertiary/aromatic N) is 1. The van der Waals surface area contributed by atoms with E-state index in [1.54, 1.807) is 48.5 Å². The number of barbiturate groups is 1. The van der Waals surface area contributed by atoms with Crippen LogP contribution in [0.15, 0.2) is 72.3 Å². The van der Waals surface area contributed by atoms with Gasteiger partial charge in [0.1, 0.15) is 29.5 Å². The molecule has 1 aliphatic rings. The number of carbonyl (C=O) groups excluding carboxylic acids is 3. The zero-order valence-corrected chi connectivity index (χ0v) is 20.8. The molecule has 9 heteroatoms. The molecule has 0 aromatic heterocycles. The lowest BCUT2D eigenvalue weighted by molar-refractivity contribution is -0.122. The lowest BCUT2D eigenvalue weighted by Crippen LogP contribution is -2.54. The van der Waals surface area contributed by atoms with E-state index in [0.717, 1.165) is 23.3 Å². The van der Waals surface area contributed by atoms with Crippen molar-refractivity contribution < 1.29 is 28.2 Å². The first-order chi connectivity index (χ1) is 17.9. The molecule has 1 aliphatic heterocycles. The Morgan fingerprint density at radius 1 is 0.973 bits per heavy atom. The van der Waals surface area contributed by atoms with Crippen LogP contribution in [-0.4, -0.2) is 24.5 Å². The molecule has 3 aromatic carbocycles. The van der Waals surface area contributed by atoms with Gasteiger partial charge in [-0.25, -0.2) is 14.1 Å². The van der Waals surface area contributed by atoms with Gasteiger partial charge in [0.05, 0.1) is 12.3 Å². The standard InChI is InChI=1S/C28H24ClFN2O5/c1-2-3-14-36-23-11-9-22(10-12-23)32-27(34)24(26(33)31-28(32)35)16-19-15-20(29)6-13-25(19)37-17-18-4-7-21(30)8-5-18/h4-13,15-16H,2-3,14,17H2,1H3,(H,31,33,35)/b24-16-. The third-order valence-electron chi connectivity index (χ3n) is 5.54. The Morgan fingerprint density at radius 3 is 2.41 bits per heavy atom. The Balaban J connectivity index is 1.59. The highest BCUT2D eigenvalue weighted by Gasteiger charge is 2.37. The normalized spacial score (nSPS) is 14.6. The zero-order chi connectivity index (χ0) is 26.4. The van der Waals surface area contributed by atoms with Crippen molar-refractivity contribution in [1.82, 2.24) is 5.32 Å². The van der Waals surface area contributed by atoms with Crippen LogP contribution in [0.4, 0.5) is 14.9 Å². The molecule has 0 unspecified atom stereocenters. The summed E-state index contributed by atoms with van der Waals surface area (Å²) in [4.78, 5) is 39.4. The molecule has 0 atom stereocenters. The van der Waals surface area contributed by atoms with Gasteiger partial charge in [-0.15, -0.1) is 0 Å². The van der Waals surface area contributed by atoms with Gasteiger partial charge in [-0.05, 0) is 72.7 Å². The Kier molecular flexibility index (Phi) is 8.20. The van der Waals surface area contributed by atoms with E-state index in [1.807, 2.05) is 0 Å². The molecule has 37 heavy (non-hydrogen) atoms. The summed E-state index contributed by atoms with van der Waals surface area (Å²) in [7, 11) is 0. The molecular formula is C28H24ClFN2O5. The highest BCUT2D eigenvalue weighted by Crippen LogP contribution is 2.29. The summed E-state index contributed by atoms with van der Waals surface area (Å²) in [5, 5.41) is 2.56. The smallest absolute Gasteiger partial charge is 0.335 e. The molecule has 1 heterocycles. The van der Waals surface area contributed by atoms with Gasteiger partial charge in [0, 0.05) is 10.6 Å². The van der Waals surface area contributed by atoms with Crippen molar-refractivity contribution in [3.8, 4) is 11.5 Å². The SMILES string of the molecule is CCCCOc1ccc(N2C(=O)NC(=O)/C(=C/c3cc(Cl)ccc3OCc3ccc(F)cc3)C2=O)cc1. The fourth-order valence-electron chi connectivity index (χ4n) is 3.58. The van der Waals surface area contributed by atoms with Crippen LogP contribution in [0.25, 0.3) is 6.08 Å². The molecule has 3 aromatic rings. The number of urea groups is 1. The van der Waals surface area contributed by atoms with Crippen LogP contribution in [0.3, 0.4) is 0 Å². The van der Waals surface area contributed by atoms with Crippen molar-refractivity contribution in [3.05, 3.63) is 94.3 Å². The van der Waals surface area contributed by atoms with Crippen molar-refractivity contribution >= 4 is 41.2 Å². The second-order valence-electron chi connectivity index (χ2n) is 8.25. The van der Waals surface area contributed by atoms with Gasteiger partial charge in [-0.3, -0.25) is 14.9 Å². The van der Waals surface area contributed by atoms with Crippen molar-refractivity contribution in [2.24, 2.45) is 0 Å². The van der Waals surface area contributed by atoms with E-state index in [4.69, 9.17) is 21.1 Å². The summed E-state index contributed by atoms with van der Waals surface area (Å²) in [6.45, 7) is 2.74. The number of ether oxygens (including phenoxy) is 2. The van der Waals surface area contributed by atoms with E-state index in [9.17, 15) is 18.8 Å². The van der Waals surface area contributed by atoms with E-state index in [2.05, 4.69) is 12.2 Å². The van der Waals surface area contributed by atoms with E-state index in [0.29, 0.717) is 28.7 Å². The minimum Gasteiger partial charge on any atom is -0.494 e. The molecule has 4 rings (SSSR count). The van der Waals surface area contributed by atoms with Crippen LogP contribution in [0, 0.1) is 5.82 Å². The molecular weight excluding hydrogens is 499 g/mol. The number of amides is 4. The van der Waals surface area contributed by atoms with Crippen LogP contribution in [0.1, 0.15) is 30.9 Å². The second-order valence-corrected chi connectivity index (χ2v) is 8.69. The van der Waals surface area contributed by atoms with E-state index in [1.165, 1.54) is 24.3 Å². The zero-order valence-electron chi connectivity index (χ0n) is 20.0. The number of nitrogens with one attached hydrogen (secondary N) is 1. The minimum absolute atomic E-state index is 0.121. The van der Waals surface area contributed by atoms with Crippen LogP contribution in [0.2, 0.25) is 5.02 Å². The third-order valence-corrected chi connectivity index (χ3v) is 5.78. The van der Waals surface area contributed by atoms with Crippen molar-refractivity contribution in [1.29, 1.82) is 0 Å². The Labute approximate surface area is 218 Å². The number of unbranched alkanes of at least 4 members (excludes halogenated alkanes) is 1. The fraction of sp³-hybridized carbons (Fsp3) is 0.179. The second kappa shape index (κ2) is 11.7. The molecule has 190 valence electrons. The number of hydrogen-bond donors (Lipinski definition) is 1. The topological polar surface area (TPSA) is 84.9 Å². The maximum absolute atomic E-state index is 13.3. The molecule has 7 nitrogen and oxygen atoms in total. The summed E-state index contributed by atoms with van der Waals surface area (Å²) < 4.78 is 24.7. The molecule has 0 aliphatic carbocycles. The fourth-order valence-corrected chi connectivity index (χ4v) is 3.76. The highest BCUT2D eigenvalue weighted by atomic mass is 35.5. The monoisotopic (exact) mass is 522 g/mol. The average molecular weight is 523 g/mol. The van der Waals surface area contributed by atoms with E-state index in [-0.39, 0.29) is 23.7 Å². The maximum atomic E-state index is 13.3. The summed E-state index contributed by atoms with van der Waals surface area (Å²) in [6, 6.07) is 16.2. The number of rotatable bonds is 9. The van der Waals surface area contributed by atoms with Gasteiger partial charge in [0.25, 0.3) is 11.8 Å². The Morgan fingerprint density at radius 2 is 1.70 bits per heavy atom. The van der Waals surface area contributed by atoms with Crippen LogP contribution in [-0.2, 0) is 16.2 Å². The predicted molar refractivity (Wildman–Crippen MR) is 138 cm³/mol. The molecule has 0 spiro atoms. The first-order valence-electron chi connectivity index (χ1n) is 11.7. The van der Waals surface area contributed by atoms with Gasteiger partial charge in [-0.1, -0.05) is 37.1 Å². The van der Waals surface area contributed by atoms with Gasteiger partial charge >= 0.3 is 6.03 Å². The molecule has 1 saturated heterocycles. The van der Waals surface area contributed by atoms with Gasteiger partial charge in [0.15, 0.2) is 0 Å². The predicted octanol–water partition coefficient (Wildman–Crippen LogP) is 5.90.